The molecule has 0 spiro atoms. The van der Waals surface area contributed by atoms with Gasteiger partial charge in [0.05, 0.1) is 35.5 Å². The normalized spacial score (nSPS) is 11.8. The number of hydrogen-bond acceptors (Lipinski definition) is 6. The Labute approximate surface area is 126 Å². The molecule has 0 saturated heterocycles. The van der Waals surface area contributed by atoms with E-state index >= 15 is 0 Å². The standard InChI is InChI=1S/C13H13ClN4O3/c1-8(17-13-15-6-9(14)7-16-13)11-5-10(18(19)20)3-4-12(11)21-2/h3-8H,1-2H3,(H,15,16,17)/t8-/m1/s1. The van der Waals surface area contributed by atoms with Crippen LogP contribution >= 0.6 is 11.6 Å². The van der Waals surface area contributed by atoms with E-state index in [9.17, 15) is 10.1 Å². The van der Waals surface area contributed by atoms with Gasteiger partial charge in [0.25, 0.3) is 5.69 Å². The lowest BCUT2D eigenvalue weighted by Crippen LogP contribution is -2.10. The first kappa shape index (κ1) is 15.0. The van der Waals surface area contributed by atoms with Crippen LogP contribution in [-0.4, -0.2) is 22.0 Å². The molecule has 1 aromatic carbocycles. The third-order valence-corrected chi connectivity index (χ3v) is 3.05. The fourth-order valence-corrected chi connectivity index (χ4v) is 1.93. The predicted molar refractivity (Wildman–Crippen MR) is 78.7 cm³/mol. The van der Waals surface area contributed by atoms with Crippen molar-refractivity contribution in [2.24, 2.45) is 0 Å². The number of nitrogens with one attached hydrogen (secondary N) is 1. The minimum absolute atomic E-state index is 0.00326. The van der Waals surface area contributed by atoms with Crippen LogP contribution in [0.15, 0.2) is 30.6 Å². The Hall–Kier alpha value is -2.41. The second-order valence-electron chi connectivity index (χ2n) is 4.27. The molecule has 0 amide bonds. The molecule has 0 aliphatic heterocycles. The number of nitro groups is 1. The lowest BCUT2D eigenvalue weighted by Gasteiger charge is -2.17. The van der Waals surface area contributed by atoms with E-state index in [1.165, 1.54) is 31.6 Å². The van der Waals surface area contributed by atoms with E-state index in [1.54, 1.807) is 6.07 Å². The van der Waals surface area contributed by atoms with E-state index in [0.29, 0.717) is 22.3 Å². The molecule has 21 heavy (non-hydrogen) atoms. The first-order valence-electron chi connectivity index (χ1n) is 6.07. The van der Waals surface area contributed by atoms with Gasteiger partial charge in [-0.05, 0) is 13.0 Å². The zero-order valence-corrected chi connectivity index (χ0v) is 12.2. The Morgan fingerprint density at radius 1 is 1.38 bits per heavy atom. The molecule has 2 rings (SSSR count). The van der Waals surface area contributed by atoms with Gasteiger partial charge in [-0.25, -0.2) is 9.97 Å². The number of halogens is 1. The van der Waals surface area contributed by atoms with Crippen LogP contribution in [0.2, 0.25) is 5.02 Å². The molecular weight excluding hydrogens is 296 g/mol. The van der Waals surface area contributed by atoms with Crippen LogP contribution in [-0.2, 0) is 0 Å². The fourth-order valence-electron chi connectivity index (χ4n) is 1.83. The molecule has 0 unspecified atom stereocenters. The SMILES string of the molecule is COc1ccc([N+](=O)[O-])cc1[C@@H](C)Nc1ncc(Cl)cn1. The Balaban J connectivity index is 2.28. The molecule has 1 atom stereocenters. The van der Waals surface area contributed by atoms with Crippen molar-refractivity contribution in [1.29, 1.82) is 0 Å². The van der Waals surface area contributed by atoms with Crippen molar-refractivity contribution in [1.82, 2.24) is 9.97 Å². The number of non-ortho nitro benzene ring substituents is 1. The molecular formula is C13H13ClN4O3. The number of benzene rings is 1. The van der Waals surface area contributed by atoms with Crippen molar-refractivity contribution < 1.29 is 9.66 Å². The van der Waals surface area contributed by atoms with E-state index in [0.717, 1.165) is 0 Å². The number of nitro benzene ring substituents is 1. The second kappa shape index (κ2) is 6.36. The third-order valence-electron chi connectivity index (χ3n) is 2.86. The molecule has 1 aromatic heterocycles. The number of hydrogen-bond donors (Lipinski definition) is 1. The van der Waals surface area contributed by atoms with Crippen LogP contribution in [0.3, 0.4) is 0 Å². The minimum atomic E-state index is -0.450. The van der Waals surface area contributed by atoms with Crippen LogP contribution in [0.5, 0.6) is 5.75 Å². The molecule has 1 N–H and O–H groups in total. The number of rotatable bonds is 5. The average molecular weight is 309 g/mol. The molecule has 1 heterocycles. The van der Waals surface area contributed by atoms with Gasteiger partial charge in [0.2, 0.25) is 5.95 Å². The quantitative estimate of drug-likeness (QED) is 0.673. The smallest absolute Gasteiger partial charge is 0.270 e. The number of nitrogens with zero attached hydrogens (tertiary/aromatic N) is 3. The van der Waals surface area contributed by atoms with Crippen LogP contribution in [0.4, 0.5) is 11.6 Å². The van der Waals surface area contributed by atoms with Gasteiger partial charge >= 0.3 is 0 Å². The lowest BCUT2D eigenvalue weighted by molar-refractivity contribution is -0.384. The lowest BCUT2D eigenvalue weighted by atomic mass is 10.1. The molecule has 0 fully saturated rings. The van der Waals surface area contributed by atoms with Gasteiger partial charge in [-0.1, -0.05) is 11.6 Å². The summed E-state index contributed by atoms with van der Waals surface area (Å²) in [6, 6.07) is 4.15. The molecule has 0 aliphatic rings. The summed E-state index contributed by atoms with van der Waals surface area (Å²) < 4.78 is 5.23. The molecule has 110 valence electrons. The predicted octanol–water partition coefficient (Wildman–Crippen LogP) is 3.22. The van der Waals surface area contributed by atoms with Gasteiger partial charge in [0, 0.05) is 17.7 Å². The van der Waals surface area contributed by atoms with Gasteiger partial charge < -0.3 is 10.1 Å². The van der Waals surface area contributed by atoms with E-state index in [2.05, 4.69) is 15.3 Å². The van der Waals surface area contributed by atoms with E-state index in [-0.39, 0.29) is 11.7 Å². The Bertz CT molecular complexity index is 648. The maximum Gasteiger partial charge on any atom is 0.270 e. The van der Waals surface area contributed by atoms with Crippen LogP contribution in [0.1, 0.15) is 18.5 Å². The molecule has 0 aliphatic carbocycles. The van der Waals surface area contributed by atoms with Crippen molar-refractivity contribution in [3.63, 3.8) is 0 Å². The van der Waals surface area contributed by atoms with Gasteiger partial charge in [-0.2, -0.15) is 0 Å². The summed E-state index contributed by atoms with van der Waals surface area (Å²) in [6.07, 6.45) is 2.93. The summed E-state index contributed by atoms with van der Waals surface area (Å²) in [4.78, 5) is 18.5. The highest BCUT2D eigenvalue weighted by atomic mass is 35.5. The van der Waals surface area contributed by atoms with Crippen LogP contribution in [0.25, 0.3) is 0 Å². The fraction of sp³-hybridized carbons (Fsp3) is 0.231. The highest BCUT2D eigenvalue weighted by Gasteiger charge is 2.17. The molecule has 0 bridgehead atoms. The summed E-state index contributed by atoms with van der Waals surface area (Å²) in [5.41, 5.74) is 0.640. The molecule has 8 heteroatoms. The molecule has 0 radical (unpaired) electrons. The van der Waals surface area contributed by atoms with E-state index in [1.807, 2.05) is 6.92 Å². The maximum atomic E-state index is 10.9. The number of methoxy groups -OCH3 is 1. The first-order chi connectivity index (χ1) is 10.0. The summed E-state index contributed by atoms with van der Waals surface area (Å²) in [6.45, 7) is 1.83. The van der Waals surface area contributed by atoms with Crippen molar-refractivity contribution in [2.45, 2.75) is 13.0 Å². The van der Waals surface area contributed by atoms with E-state index < -0.39 is 4.92 Å². The van der Waals surface area contributed by atoms with Crippen molar-refractivity contribution in [3.8, 4) is 5.75 Å². The average Bonchev–Trinajstić information content (AvgIpc) is 2.48. The summed E-state index contributed by atoms with van der Waals surface area (Å²) in [7, 11) is 1.51. The Morgan fingerprint density at radius 3 is 2.62 bits per heavy atom. The Kier molecular flexibility index (Phi) is 4.54. The van der Waals surface area contributed by atoms with Crippen LogP contribution < -0.4 is 10.1 Å². The van der Waals surface area contributed by atoms with Gasteiger partial charge in [-0.15, -0.1) is 0 Å². The summed E-state index contributed by atoms with van der Waals surface area (Å²) in [5.74, 6) is 0.926. The monoisotopic (exact) mass is 308 g/mol. The largest absolute Gasteiger partial charge is 0.496 e. The van der Waals surface area contributed by atoms with Gasteiger partial charge in [0.1, 0.15) is 5.75 Å². The van der Waals surface area contributed by atoms with Crippen molar-refractivity contribution in [3.05, 3.63) is 51.3 Å². The highest BCUT2D eigenvalue weighted by Crippen LogP contribution is 2.30. The second-order valence-corrected chi connectivity index (χ2v) is 4.71. The maximum absolute atomic E-state index is 10.9. The van der Waals surface area contributed by atoms with Gasteiger partial charge in [0.15, 0.2) is 0 Å². The first-order valence-corrected chi connectivity index (χ1v) is 6.45. The van der Waals surface area contributed by atoms with Crippen molar-refractivity contribution >= 4 is 23.2 Å². The van der Waals surface area contributed by atoms with Gasteiger partial charge in [-0.3, -0.25) is 10.1 Å². The minimum Gasteiger partial charge on any atom is -0.496 e. The summed E-state index contributed by atoms with van der Waals surface area (Å²) in [5, 5.41) is 14.4. The molecule has 7 nitrogen and oxygen atoms in total. The zero-order chi connectivity index (χ0) is 15.4. The zero-order valence-electron chi connectivity index (χ0n) is 11.4. The molecule has 0 saturated carbocycles. The number of aromatic nitrogens is 2. The third kappa shape index (κ3) is 3.57. The number of ether oxygens (including phenoxy) is 1. The molecule has 2 aromatic rings. The summed E-state index contributed by atoms with van der Waals surface area (Å²) >= 11 is 5.72. The van der Waals surface area contributed by atoms with E-state index in [4.69, 9.17) is 16.3 Å². The Morgan fingerprint density at radius 2 is 2.05 bits per heavy atom. The number of anilines is 1. The van der Waals surface area contributed by atoms with Crippen LogP contribution in [0, 0.1) is 10.1 Å². The topological polar surface area (TPSA) is 90.2 Å². The van der Waals surface area contributed by atoms with Crippen molar-refractivity contribution in [2.75, 3.05) is 12.4 Å². The highest BCUT2D eigenvalue weighted by molar-refractivity contribution is 6.30.